The summed E-state index contributed by atoms with van der Waals surface area (Å²) >= 11 is 0. The third-order valence-corrected chi connectivity index (χ3v) is 4.88. The number of hydrogen-bond acceptors (Lipinski definition) is 5. The molecule has 1 amide bonds. The predicted molar refractivity (Wildman–Crippen MR) is 117 cm³/mol. The number of carbonyl (C=O) groups excluding carboxylic acids is 2. The van der Waals surface area contributed by atoms with Gasteiger partial charge in [0.25, 0.3) is 11.5 Å². The second-order valence-corrected chi connectivity index (χ2v) is 6.54. The smallest absolute Gasteiger partial charge is 0.274 e. The molecular formula is C22H27FN4O4. The molecule has 3 aromatic rings. The zero-order valence-corrected chi connectivity index (χ0v) is 18.1. The zero-order chi connectivity index (χ0) is 23.3. The van der Waals surface area contributed by atoms with Crippen LogP contribution in [0.4, 0.5) is 4.39 Å². The van der Waals surface area contributed by atoms with E-state index in [-0.39, 0.29) is 34.5 Å². The first-order valence-corrected chi connectivity index (χ1v) is 9.93. The maximum Gasteiger partial charge on any atom is 0.274 e. The van der Waals surface area contributed by atoms with Crippen molar-refractivity contribution in [2.75, 3.05) is 13.6 Å². The van der Waals surface area contributed by atoms with Crippen molar-refractivity contribution in [3.8, 4) is 5.75 Å². The van der Waals surface area contributed by atoms with Crippen molar-refractivity contribution in [2.45, 2.75) is 26.9 Å². The van der Waals surface area contributed by atoms with Crippen molar-refractivity contribution in [1.82, 2.24) is 14.0 Å². The third-order valence-electron chi connectivity index (χ3n) is 4.88. The van der Waals surface area contributed by atoms with Gasteiger partial charge in [0.1, 0.15) is 11.2 Å². The first-order valence-electron chi connectivity index (χ1n) is 9.93. The molecule has 1 aromatic carbocycles. The zero-order valence-electron chi connectivity index (χ0n) is 18.1. The van der Waals surface area contributed by atoms with E-state index in [1.165, 1.54) is 46.5 Å². The molecule has 0 fully saturated rings. The fraction of sp³-hybridized carbons (Fsp3) is 0.318. The average molecular weight is 430 g/mol. The second-order valence-electron chi connectivity index (χ2n) is 6.54. The molecule has 2 aromatic heterocycles. The van der Waals surface area contributed by atoms with Crippen LogP contribution in [0.5, 0.6) is 5.75 Å². The Morgan fingerprint density at radius 1 is 1.13 bits per heavy atom. The van der Waals surface area contributed by atoms with Crippen LogP contribution in [0.1, 0.15) is 40.3 Å². The van der Waals surface area contributed by atoms with Crippen LogP contribution in [0.2, 0.25) is 0 Å². The number of fused-ring (bicyclic) bond motifs is 3. The summed E-state index contributed by atoms with van der Waals surface area (Å²) in [6.07, 6.45) is 1.99. The molecule has 0 aliphatic carbocycles. The number of aromatic hydroxyl groups is 1. The van der Waals surface area contributed by atoms with E-state index in [4.69, 9.17) is 0 Å². The number of halogens is 1. The van der Waals surface area contributed by atoms with Crippen molar-refractivity contribution in [1.29, 1.82) is 0 Å². The van der Waals surface area contributed by atoms with Crippen molar-refractivity contribution in [3.05, 3.63) is 63.5 Å². The topological polar surface area (TPSA) is 111 Å². The number of rotatable bonds is 3. The first kappa shape index (κ1) is 23.8. The predicted octanol–water partition coefficient (Wildman–Crippen LogP) is 2.25. The van der Waals surface area contributed by atoms with Gasteiger partial charge in [-0.25, -0.2) is 4.39 Å². The summed E-state index contributed by atoms with van der Waals surface area (Å²) in [6.45, 7) is 4.91. The Kier molecular flexibility index (Phi) is 7.71. The van der Waals surface area contributed by atoms with Crippen LogP contribution in [-0.2, 0) is 20.1 Å². The number of benzene rings is 1. The van der Waals surface area contributed by atoms with Gasteiger partial charge in [0, 0.05) is 32.9 Å². The fourth-order valence-electron chi connectivity index (χ4n) is 3.57. The molecule has 1 aliphatic heterocycles. The summed E-state index contributed by atoms with van der Waals surface area (Å²) in [5.41, 5.74) is 5.26. The molecule has 4 rings (SSSR count). The van der Waals surface area contributed by atoms with Crippen molar-refractivity contribution >= 4 is 23.1 Å². The monoisotopic (exact) mass is 430 g/mol. The maximum atomic E-state index is 13.1. The molecule has 0 radical (unpaired) electrons. The Balaban J connectivity index is 0.000000807. The van der Waals surface area contributed by atoms with Crippen LogP contribution in [0.3, 0.4) is 0 Å². The minimum Gasteiger partial charge on any atom is -0.505 e. The van der Waals surface area contributed by atoms with E-state index < -0.39 is 17.2 Å². The van der Waals surface area contributed by atoms with E-state index in [1.54, 1.807) is 12.1 Å². The Labute approximate surface area is 179 Å². The van der Waals surface area contributed by atoms with Crippen LogP contribution in [-0.4, -0.2) is 44.9 Å². The first-order chi connectivity index (χ1) is 14.9. The number of aromatic nitrogens is 2. The number of pyridine rings is 1. The minimum atomic E-state index is -0.479. The lowest BCUT2D eigenvalue weighted by Gasteiger charge is -2.29. The van der Waals surface area contributed by atoms with Crippen LogP contribution < -0.4 is 11.3 Å². The molecule has 3 N–H and O–H groups in total. The third kappa shape index (κ3) is 4.22. The highest BCUT2D eigenvalue weighted by molar-refractivity contribution is 6.07. The van der Waals surface area contributed by atoms with Gasteiger partial charge in [-0.1, -0.05) is 26.0 Å². The van der Waals surface area contributed by atoms with Gasteiger partial charge in [0.05, 0.1) is 11.1 Å². The SMILES string of the molecule is CC.CN.Cn1cc(C=O)c2c(c(O)c3n2CCN(Cc2ccc(F)cc2)C3=O)c1=O. The average Bonchev–Trinajstić information content (AvgIpc) is 3.10. The molecule has 3 heterocycles. The molecule has 0 spiro atoms. The molecule has 0 saturated carbocycles. The van der Waals surface area contributed by atoms with Crippen LogP contribution in [0.25, 0.3) is 10.9 Å². The molecule has 9 heteroatoms. The highest BCUT2D eigenvalue weighted by Gasteiger charge is 2.33. The second kappa shape index (κ2) is 10.0. The van der Waals surface area contributed by atoms with Crippen molar-refractivity contribution < 1.29 is 19.1 Å². The molecule has 31 heavy (non-hydrogen) atoms. The summed E-state index contributed by atoms with van der Waals surface area (Å²) < 4.78 is 15.8. The standard InChI is InChI=1S/C19H16FN3O4.C2H6.CH5N/c1-21-9-12(10-24)15-14(18(21)26)17(25)16-19(27)22(6-7-23(15)16)8-11-2-4-13(20)5-3-11;2*1-2/h2-5,9-10,25H,6-8H2,1H3;1-2H3;2H2,1H3. The van der Waals surface area contributed by atoms with Crippen LogP contribution in [0.15, 0.2) is 35.3 Å². The lowest BCUT2D eigenvalue weighted by molar-refractivity contribution is 0.0688. The van der Waals surface area contributed by atoms with Gasteiger partial charge >= 0.3 is 0 Å². The van der Waals surface area contributed by atoms with Gasteiger partial charge < -0.3 is 24.9 Å². The number of aldehydes is 1. The van der Waals surface area contributed by atoms with E-state index in [0.29, 0.717) is 19.4 Å². The quantitative estimate of drug-likeness (QED) is 0.619. The minimum absolute atomic E-state index is 0.00948. The number of nitrogens with two attached hydrogens (primary N) is 1. The molecule has 1 aliphatic rings. The molecule has 0 bridgehead atoms. The van der Waals surface area contributed by atoms with E-state index in [9.17, 15) is 23.9 Å². The number of aryl methyl sites for hydroxylation is 1. The van der Waals surface area contributed by atoms with Crippen molar-refractivity contribution in [3.63, 3.8) is 0 Å². The highest BCUT2D eigenvalue weighted by Crippen LogP contribution is 2.34. The molecule has 0 unspecified atom stereocenters. The van der Waals surface area contributed by atoms with E-state index in [2.05, 4.69) is 5.73 Å². The molecule has 8 nitrogen and oxygen atoms in total. The normalized spacial score (nSPS) is 12.5. The Hall–Kier alpha value is -3.46. The van der Waals surface area contributed by atoms with Gasteiger partial charge in [-0.05, 0) is 24.7 Å². The molecule has 166 valence electrons. The Morgan fingerprint density at radius 3 is 2.32 bits per heavy atom. The van der Waals surface area contributed by atoms with Crippen LogP contribution in [0, 0.1) is 5.82 Å². The summed E-state index contributed by atoms with van der Waals surface area (Å²) in [7, 11) is 2.98. The molecular weight excluding hydrogens is 403 g/mol. The van der Waals surface area contributed by atoms with E-state index in [0.717, 1.165) is 5.56 Å². The number of carbonyl (C=O) groups is 2. The van der Waals surface area contributed by atoms with Crippen LogP contribution >= 0.6 is 0 Å². The van der Waals surface area contributed by atoms with Gasteiger partial charge in [0.2, 0.25) is 0 Å². The lowest BCUT2D eigenvalue weighted by atomic mass is 10.2. The number of amides is 1. The fourth-order valence-corrected chi connectivity index (χ4v) is 3.57. The van der Waals surface area contributed by atoms with E-state index in [1.807, 2.05) is 13.8 Å². The summed E-state index contributed by atoms with van der Waals surface area (Å²) in [6, 6.07) is 5.82. The summed E-state index contributed by atoms with van der Waals surface area (Å²) in [5, 5.41) is 10.6. The largest absolute Gasteiger partial charge is 0.505 e. The number of nitrogens with zero attached hydrogens (tertiary/aromatic N) is 3. The van der Waals surface area contributed by atoms with E-state index >= 15 is 0 Å². The molecule has 0 atom stereocenters. The van der Waals surface area contributed by atoms with Gasteiger partial charge in [0.15, 0.2) is 17.7 Å². The summed E-state index contributed by atoms with van der Waals surface area (Å²) in [5.74, 6) is -1.22. The lowest BCUT2D eigenvalue weighted by Crippen LogP contribution is -2.39. The Morgan fingerprint density at radius 2 is 1.74 bits per heavy atom. The molecule has 0 saturated heterocycles. The Bertz CT molecular complexity index is 1150. The maximum absolute atomic E-state index is 13.1. The van der Waals surface area contributed by atoms with Gasteiger partial charge in [-0.2, -0.15) is 0 Å². The van der Waals surface area contributed by atoms with Gasteiger partial charge in [-0.3, -0.25) is 14.4 Å². The highest BCUT2D eigenvalue weighted by atomic mass is 19.1. The summed E-state index contributed by atoms with van der Waals surface area (Å²) in [4.78, 5) is 38.4. The van der Waals surface area contributed by atoms with Gasteiger partial charge in [-0.15, -0.1) is 0 Å². The number of hydrogen-bond donors (Lipinski definition) is 2. The van der Waals surface area contributed by atoms with Crippen molar-refractivity contribution in [2.24, 2.45) is 12.8 Å².